The average molecular weight is 353 g/mol. The fourth-order valence-electron chi connectivity index (χ4n) is 2.56. The van der Waals surface area contributed by atoms with Crippen LogP contribution in [0.1, 0.15) is 17.2 Å². The maximum absolute atomic E-state index is 12.3. The van der Waals surface area contributed by atoms with Gasteiger partial charge >= 0.3 is 0 Å². The van der Waals surface area contributed by atoms with Gasteiger partial charge in [0, 0.05) is 11.3 Å². The summed E-state index contributed by atoms with van der Waals surface area (Å²) in [5.41, 5.74) is 2.20. The fourth-order valence-corrected chi connectivity index (χ4v) is 4.43. The molecular weight excluding hydrogens is 338 g/mol. The van der Waals surface area contributed by atoms with Crippen molar-refractivity contribution in [2.75, 3.05) is 11.5 Å². The molecule has 4 rings (SSSR count). The van der Waals surface area contributed by atoms with E-state index in [0.717, 1.165) is 16.4 Å². The molecule has 6 heteroatoms. The fraction of sp³-hybridized carbons (Fsp3) is 0.167. The number of nitrogens with zero attached hydrogens (tertiary/aromatic N) is 3. The molecule has 0 spiro atoms. The van der Waals surface area contributed by atoms with Crippen LogP contribution in [0.25, 0.3) is 0 Å². The summed E-state index contributed by atoms with van der Waals surface area (Å²) in [5, 5.41) is 7.59. The van der Waals surface area contributed by atoms with Crippen LogP contribution < -0.4 is 0 Å². The van der Waals surface area contributed by atoms with Crippen LogP contribution in [0.2, 0.25) is 0 Å². The summed E-state index contributed by atoms with van der Waals surface area (Å²) < 4.78 is 0. The zero-order chi connectivity index (χ0) is 16.4. The Morgan fingerprint density at radius 3 is 2.42 bits per heavy atom. The van der Waals surface area contributed by atoms with E-state index in [1.54, 1.807) is 11.8 Å². The van der Waals surface area contributed by atoms with Gasteiger partial charge in [-0.05, 0) is 5.56 Å². The normalized spacial score (nSPS) is 20.8. The van der Waals surface area contributed by atoms with E-state index in [4.69, 9.17) is 4.99 Å². The Balaban J connectivity index is 1.62. The van der Waals surface area contributed by atoms with Crippen LogP contribution in [0.3, 0.4) is 0 Å². The first-order valence-electron chi connectivity index (χ1n) is 7.66. The molecule has 0 aliphatic carbocycles. The van der Waals surface area contributed by atoms with Gasteiger partial charge in [-0.1, -0.05) is 84.2 Å². The van der Waals surface area contributed by atoms with Crippen LogP contribution >= 0.6 is 23.5 Å². The summed E-state index contributed by atoms with van der Waals surface area (Å²) in [6.07, 6.45) is 0. The highest BCUT2D eigenvalue weighted by molar-refractivity contribution is 8.15. The average Bonchev–Trinajstić information content (AvgIpc) is 3.13. The van der Waals surface area contributed by atoms with Crippen LogP contribution in [-0.2, 0) is 4.79 Å². The second kappa shape index (κ2) is 6.83. The maximum Gasteiger partial charge on any atom is 0.259 e. The third-order valence-electron chi connectivity index (χ3n) is 3.78. The minimum absolute atomic E-state index is 0.0142. The molecule has 1 atom stereocenters. The van der Waals surface area contributed by atoms with E-state index in [9.17, 15) is 4.79 Å². The maximum atomic E-state index is 12.3. The Kier molecular flexibility index (Phi) is 4.40. The van der Waals surface area contributed by atoms with E-state index in [-0.39, 0.29) is 11.9 Å². The molecule has 0 fully saturated rings. The van der Waals surface area contributed by atoms with Gasteiger partial charge in [-0.2, -0.15) is 10.1 Å². The van der Waals surface area contributed by atoms with Crippen molar-refractivity contribution in [3.63, 3.8) is 0 Å². The number of hydrazone groups is 1. The number of amidine groups is 1. The summed E-state index contributed by atoms with van der Waals surface area (Å²) in [4.78, 5) is 17.0. The van der Waals surface area contributed by atoms with E-state index >= 15 is 0 Å². The molecule has 1 amide bonds. The Hall–Kier alpha value is -2.05. The van der Waals surface area contributed by atoms with Crippen LogP contribution in [0, 0.1) is 0 Å². The first-order chi connectivity index (χ1) is 11.8. The van der Waals surface area contributed by atoms with E-state index < -0.39 is 0 Å². The van der Waals surface area contributed by atoms with Crippen molar-refractivity contribution >= 4 is 39.6 Å². The third-order valence-corrected chi connectivity index (χ3v) is 5.78. The highest BCUT2D eigenvalue weighted by atomic mass is 32.2. The molecule has 24 heavy (non-hydrogen) atoms. The Bertz CT molecular complexity index is 806. The van der Waals surface area contributed by atoms with E-state index in [2.05, 4.69) is 17.2 Å². The lowest BCUT2D eigenvalue weighted by atomic mass is 10.1. The second-order valence-corrected chi connectivity index (χ2v) is 7.37. The molecule has 0 saturated heterocycles. The molecule has 2 aromatic carbocycles. The zero-order valence-corrected chi connectivity index (χ0v) is 14.5. The van der Waals surface area contributed by atoms with Gasteiger partial charge in [0.05, 0.1) is 11.8 Å². The monoisotopic (exact) mass is 353 g/mol. The van der Waals surface area contributed by atoms with Gasteiger partial charge in [-0.15, -0.1) is 0 Å². The number of hydrogen-bond donors (Lipinski definition) is 0. The molecule has 2 aliphatic rings. The number of carbonyl (C=O) groups is 1. The number of thioether (sulfide) groups is 2. The molecule has 0 aromatic heterocycles. The standard InChI is InChI=1S/C18H15N3OS2/c22-16-12-23-17(14-9-5-2-6-10-14)20-21(16)18-19-15(11-24-18)13-7-3-1-4-8-13/h1-10,15H,11-12H2. The summed E-state index contributed by atoms with van der Waals surface area (Å²) >= 11 is 3.07. The predicted molar refractivity (Wildman–Crippen MR) is 101 cm³/mol. The minimum atomic E-state index is -0.0142. The van der Waals surface area contributed by atoms with Crippen molar-refractivity contribution in [1.82, 2.24) is 5.01 Å². The molecule has 2 aromatic rings. The summed E-state index contributed by atoms with van der Waals surface area (Å²) in [6.45, 7) is 0. The molecule has 120 valence electrons. The van der Waals surface area contributed by atoms with Gasteiger partial charge < -0.3 is 0 Å². The molecule has 0 radical (unpaired) electrons. The lowest BCUT2D eigenvalue weighted by Gasteiger charge is -2.22. The van der Waals surface area contributed by atoms with Gasteiger partial charge in [0.1, 0.15) is 5.04 Å². The summed E-state index contributed by atoms with van der Waals surface area (Å²) in [6, 6.07) is 20.2. The smallest absolute Gasteiger partial charge is 0.259 e. The number of rotatable bonds is 2. The van der Waals surface area contributed by atoms with Gasteiger partial charge in [0.25, 0.3) is 5.91 Å². The lowest BCUT2D eigenvalue weighted by Crippen LogP contribution is -2.35. The minimum Gasteiger partial charge on any atom is -0.271 e. The Labute approximate surface area is 149 Å². The van der Waals surface area contributed by atoms with Gasteiger partial charge in [0.2, 0.25) is 0 Å². The summed E-state index contributed by atoms with van der Waals surface area (Å²) in [7, 11) is 0. The van der Waals surface area contributed by atoms with E-state index in [1.165, 1.54) is 22.3 Å². The number of hydrogen-bond acceptors (Lipinski definition) is 5. The predicted octanol–water partition coefficient (Wildman–Crippen LogP) is 3.77. The molecule has 0 bridgehead atoms. The van der Waals surface area contributed by atoms with Gasteiger partial charge in [-0.25, -0.2) is 0 Å². The van der Waals surface area contributed by atoms with Crippen molar-refractivity contribution in [2.24, 2.45) is 10.1 Å². The quantitative estimate of drug-likeness (QED) is 0.826. The Morgan fingerprint density at radius 1 is 0.958 bits per heavy atom. The van der Waals surface area contributed by atoms with Crippen molar-refractivity contribution in [3.8, 4) is 0 Å². The Morgan fingerprint density at radius 2 is 1.67 bits per heavy atom. The molecule has 2 aliphatic heterocycles. The largest absolute Gasteiger partial charge is 0.271 e. The first-order valence-corrected chi connectivity index (χ1v) is 9.64. The number of carbonyl (C=O) groups excluding carboxylic acids is 1. The van der Waals surface area contributed by atoms with Gasteiger partial charge in [-0.3, -0.25) is 9.79 Å². The molecule has 0 saturated carbocycles. The first kappa shape index (κ1) is 15.5. The van der Waals surface area contributed by atoms with Crippen LogP contribution in [-0.4, -0.2) is 32.6 Å². The van der Waals surface area contributed by atoms with Crippen LogP contribution in [0.5, 0.6) is 0 Å². The lowest BCUT2D eigenvalue weighted by molar-refractivity contribution is -0.124. The SMILES string of the molecule is O=C1CSC(c2ccccc2)=NN1C1=NC(c2ccccc2)CS1. The van der Waals surface area contributed by atoms with Crippen molar-refractivity contribution in [1.29, 1.82) is 0 Å². The number of amides is 1. The number of benzene rings is 2. The van der Waals surface area contributed by atoms with Crippen molar-refractivity contribution in [3.05, 3.63) is 71.8 Å². The molecule has 2 heterocycles. The second-order valence-electron chi connectivity index (χ2n) is 5.41. The molecule has 1 unspecified atom stereocenters. The molecular formula is C18H15N3OS2. The van der Waals surface area contributed by atoms with E-state index in [1.807, 2.05) is 48.5 Å². The van der Waals surface area contributed by atoms with Crippen molar-refractivity contribution < 1.29 is 4.79 Å². The molecule has 0 N–H and O–H groups in total. The third kappa shape index (κ3) is 3.12. The van der Waals surface area contributed by atoms with Crippen LogP contribution in [0.4, 0.5) is 0 Å². The topological polar surface area (TPSA) is 45.0 Å². The highest BCUT2D eigenvalue weighted by Crippen LogP contribution is 2.33. The zero-order valence-electron chi connectivity index (χ0n) is 12.8. The number of aliphatic imine (C=N–C) groups is 1. The summed E-state index contributed by atoms with van der Waals surface area (Å²) in [5.74, 6) is 1.22. The van der Waals surface area contributed by atoms with Crippen molar-refractivity contribution in [2.45, 2.75) is 6.04 Å². The highest BCUT2D eigenvalue weighted by Gasteiger charge is 2.31. The van der Waals surface area contributed by atoms with Gasteiger partial charge in [0.15, 0.2) is 5.17 Å². The van der Waals surface area contributed by atoms with Crippen LogP contribution in [0.15, 0.2) is 70.8 Å². The molecule has 4 nitrogen and oxygen atoms in total. The van der Waals surface area contributed by atoms with E-state index in [0.29, 0.717) is 10.9 Å².